The van der Waals surface area contributed by atoms with Crippen LogP contribution in [0.3, 0.4) is 0 Å². The molecule has 0 aromatic heterocycles. The van der Waals surface area contributed by atoms with Gasteiger partial charge in [-0.2, -0.15) is 0 Å². The highest BCUT2D eigenvalue weighted by atomic mass is 35.5. The Morgan fingerprint density at radius 3 is 2.15 bits per heavy atom. The molecule has 7 heteroatoms. The Bertz CT molecular complexity index is 214. The van der Waals surface area contributed by atoms with Crippen LogP contribution < -0.4 is 0 Å². The van der Waals surface area contributed by atoms with Gasteiger partial charge in [-0.05, 0) is 6.92 Å². The number of hydrogen-bond acceptors (Lipinski definition) is 3. The van der Waals surface area contributed by atoms with Crippen molar-refractivity contribution in [3.8, 4) is 0 Å². The molecular weight excluding hydrogens is 262 g/mol. The van der Waals surface area contributed by atoms with Crippen molar-refractivity contribution < 1.29 is 14.3 Å². The molecule has 0 N–H and O–H groups in total. The molecule has 0 bridgehead atoms. The molecule has 0 spiro atoms. The number of ketones is 1. The Morgan fingerprint density at radius 1 is 1.38 bits per heavy atom. The van der Waals surface area contributed by atoms with Crippen LogP contribution in [0.25, 0.3) is 0 Å². The van der Waals surface area contributed by atoms with E-state index >= 15 is 0 Å². The molecule has 0 aromatic carbocycles. The maximum absolute atomic E-state index is 11.1. The van der Waals surface area contributed by atoms with Crippen LogP contribution in [0.15, 0.2) is 0 Å². The monoisotopic (exact) mass is 266 g/mol. The van der Waals surface area contributed by atoms with Crippen LogP contribution in [0.2, 0.25) is 0 Å². The van der Waals surface area contributed by atoms with E-state index in [2.05, 4.69) is 4.74 Å². The Kier molecular flexibility index (Phi) is 5.37. The minimum absolute atomic E-state index is 0.0581. The van der Waals surface area contributed by atoms with Gasteiger partial charge in [-0.3, -0.25) is 4.79 Å². The SMILES string of the molecule is CCOC(=O)C(Cl)(Cl)C(=O)C(Cl)Cl. The van der Waals surface area contributed by atoms with Gasteiger partial charge >= 0.3 is 5.97 Å². The van der Waals surface area contributed by atoms with Gasteiger partial charge in [0.05, 0.1) is 6.61 Å². The molecule has 0 amide bonds. The molecule has 0 atom stereocenters. The zero-order chi connectivity index (χ0) is 10.6. The molecule has 0 saturated heterocycles. The summed E-state index contributed by atoms with van der Waals surface area (Å²) in [5.74, 6) is -2.09. The largest absolute Gasteiger partial charge is 0.463 e. The molecular formula is C6H6Cl4O3. The first-order chi connectivity index (χ1) is 5.84. The zero-order valence-electron chi connectivity index (χ0n) is 6.52. The first-order valence-electron chi connectivity index (χ1n) is 3.21. The Hall–Kier alpha value is 0.300. The molecule has 13 heavy (non-hydrogen) atoms. The second kappa shape index (κ2) is 5.25. The minimum Gasteiger partial charge on any atom is -0.463 e. The fraction of sp³-hybridized carbons (Fsp3) is 0.667. The van der Waals surface area contributed by atoms with Crippen molar-refractivity contribution in [1.29, 1.82) is 0 Å². The maximum Gasteiger partial charge on any atom is 0.350 e. The predicted octanol–water partition coefficient (Wildman–Crippen LogP) is 2.10. The van der Waals surface area contributed by atoms with Gasteiger partial charge in [-0.15, -0.1) is 0 Å². The lowest BCUT2D eigenvalue weighted by molar-refractivity contribution is -0.146. The van der Waals surface area contributed by atoms with Gasteiger partial charge in [-0.25, -0.2) is 4.79 Å². The fourth-order valence-corrected chi connectivity index (χ4v) is 1.34. The summed E-state index contributed by atoms with van der Waals surface area (Å²) in [6.07, 6.45) is 0. The number of halogens is 4. The lowest BCUT2D eigenvalue weighted by atomic mass is 10.3. The highest BCUT2D eigenvalue weighted by Gasteiger charge is 2.46. The van der Waals surface area contributed by atoms with Crippen molar-refractivity contribution in [2.24, 2.45) is 0 Å². The van der Waals surface area contributed by atoms with Gasteiger partial charge in [-0.1, -0.05) is 46.4 Å². The zero-order valence-corrected chi connectivity index (χ0v) is 9.54. The topological polar surface area (TPSA) is 43.4 Å². The number of carbonyl (C=O) groups excluding carboxylic acids is 2. The van der Waals surface area contributed by atoms with Crippen molar-refractivity contribution >= 4 is 58.2 Å². The van der Waals surface area contributed by atoms with Crippen molar-refractivity contribution in [2.45, 2.75) is 16.1 Å². The van der Waals surface area contributed by atoms with Gasteiger partial charge in [0.1, 0.15) is 0 Å². The average Bonchev–Trinajstić information content (AvgIpc) is 2.03. The lowest BCUT2D eigenvalue weighted by Crippen LogP contribution is -2.40. The summed E-state index contributed by atoms with van der Waals surface area (Å²) in [4.78, 5) is 20.6. The number of Topliss-reactive ketones (excluding diaryl/α,β-unsaturated/α-hetero) is 1. The van der Waals surface area contributed by atoms with Crippen LogP contribution in [-0.2, 0) is 14.3 Å². The third-order valence-corrected chi connectivity index (χ3v) is 2.12. The highest BCUT2D eigenvalue weighted by molar-refractivity contribution is 6.72. The van der Waals surface area contributed by atoms with Gasteiger partial charge in [0.15, 0.2) is 4.84 Å². The van der Waals surface area contributed by atoms with Gasteiger partial charge in [0, 0.05) is 0 Å². The molecule has 0 aliphatic heterocycles. The van der Waals surface area contributed by atoms with Gasteiger partial charge in [0.25, 0.3) is 4.33 Å². The summed E-state index contributed by atoms with van der Waals surface area (Å²) in [5.41, 5.74) is 0. The first kappa shape index (κ1) is 13.3. The van der Waals surface area contributed by atoms with E-state index in [-0.39, 0.29) is 6.61 Å². The van der Waals surface area contributed by atoms with Crippen LogP contribution in [-0.4, -0.2) is 27.5 Å². The number of hydrogen-bond donors (Lipinski definition) is 0. The van der Waals surface area contributed by atoms with E-state index in [9.17, 15) is 9.59 Å². The second-order valence-electron chi connectivity index (χ2n) is 1.96. The number of alkyl halides is 4. The number of ether oxygens (including phenoxy) is 1. The standard InChI is InChI=1S/C6H6Cl4O3/c1-2-13-5(12)6(9,10)3(11)4(7)8/h4H,2H2,1H3. The number of carbonyl (C=O) groups is 2. The molecule has 3 nitrogen and oxygen atoms in total. The van der Waals surface area contributed by atoms with Crippen molar-refractivity contribution in [3.05, 3.63) is 0 Å². The van der Waals surface area contributed by atoms with E-state index in [4.69, 9.17) is 46.4 Å². The van der Waals surface area contributed by atoms with Crippen molar-refractivity contribution in [2.75, 3.05) is 6.61 Å². The average molecular weight is 268 g/mol. The maximum atomic E-state index is 11.1. The Morgan fingerprint density at radius 2 is 1.85 bits per heavy atom. The van der Waals surface area contributed by atoms with Gasteiger partial charge < -0.3 is 4.74 Å². The van der Waals surface area contributed by atoms with Crippen LogP contribution in [0.5, 0.6) is 0 Å². The Labute approximate surface area is 95.2 Å². The van der Waals surface area contributed by atoms with Crippen LogP contribution in [0, 0.1) is 0 Å². The Balaban J connectivity index is 4.55. The van der Waals surface area contributed by atoms with Crippen molar-refractivity contribution in [1.82, 2.24) is 0 Å². The summed E-state index contributed by atoms with van der Waals surface area (Å²) in [5, 5.41) is 0. The third-order valence-electron chi connectivity index (χ3n) is 1.04. The normalized spacial score (nSPS) is 11.5. The fourth-order valence-electron chi connectivity index (χ4n) is 0.459. The first-order valence-corrected chi connectivity index (χ1v) is 4.84. The predicted molar refractivity (Wildman–Crippen MR) is 51.6 cm³/mol. The summed E-state index contributed by atoms with van der Waals surface area (Å²) < 4.78 is 2.11. The number of esters is 1. The van der Waals surface area contributed by atoms with Crippen LogP contribution >= 0.6 is 46.4 Å². The molecule has 0 aliphatic carbocycles. The van der Waals surface area contributed by atoms with Gasteiger partial charge in [0.2, 0.25) is 5.78 Å². The smallest absolute Gasteiger partial charge is 0.350 e. The molecule has 0 fully saturated rings. The summed E-state index contributed by atoms with van der Waals surface area (Å²) in [7, 11) is 0. The molecule has 0 aliphatic rings. The summed E-state index contributed by atoms with van der Waals surface area (Å²) >= 11 is 21.2. The molecule has 0 radical (unpaired) electrons. The van der Waals surface area contributed by atoms with Crippen LogP contribution in [0.4, 0.5) is 0 Å². The molecule has 0 heterocycles. The van der Waals surface area contributed by atoms with Crippen LogP contribution in [0.1, 0.15) is 6.92 Å². The molecule has 0 aromatic rings. The molecule has 0 rings (SSSR count). The third kappa shape index (κ3) is 3.50. The van der Waals surface area contributed by atoms with Crippen molar-refractivity contribution in [3.63, 3.8) is 0 Å². The van der Waals surface area contributed by atoms with E-state index < -0.39 is 20.9 Å². The molecule has 0 unspecified atom stereocenters. The van der Waals surface area contributed by atoms with E-state index in [0.29, 0.717) is 0 Å². The summed E-state index contributed by atoms with van der Waals surface area (Å²) in [6.45, 7) is 1.60. The number of rotatable bonds is 4. The molecule has 0 saturated carbocycles. The van der Waals surface area contributed by atoms with E-state index in [1.807, 2.05) is 0 Å². The summed E-state index contributed by atoms with van der Waals surface area (Å²) in [6, 6.07) is 0. The molecule has 76 valence electrons. The van der Waals surface area contributed by atoms with E-state index in [1.165, 1.54) is 0 Å². The minimum atomic E-state index is -2.33. The second-order valence-corrected chi connectivity index (χ2v) is 4.38. The lowest BCUT2D eigenvalue weighted by Gasteiger charge is -2.16. The van der Waals surface area contributed by atoms with E-state index in [0.717, 1.165) is 0 Å². The highest BCUT2D eigenvalue weighted by Crippen LogP contribution is 2.28. The quantitative estimate of drug-likeness (QED) is 0.445. The van der Waals surface area contributed by atoms with E-state index in [1.54, 1.807) is 6.92 Å².